The Balaban J connectivity index is 1.65. The van der Waals surface area contributed by atoms with Crippen LogP contribution in [0.3, 0.4) is 0 Å². The quantitative estimate of drug-likeness (QED) is 0.263. The first-order valence-corrected chi connectivity index (χ1v) is 14.8. The van der Waals surface area contributed by atoms with Crippen molar-refractivity contribution in [2.45, 2.75) is 51.8 Å². The maximum atomic E-state index is 14.3. The van der Waals surface area contributed by atoms with E-state index in [4.69, 9.17) is 21.1 Å². The average molecular weight is 610 g/mol. The van der Waals surface area contributed by atoms with Crippen molar-refractivity contribution >= 4 is 35.2 Å². The summed E-state index contributed by atoms with van der Waals surface area (Å²) in [5, 5.41) is 0. The number of benzene rings is 3. The van der Waals surface area contributed by atoms with Gasteiger partial charge in [0.25, 0.3) is 5.91 Å². The Morgan fingerprint density at radius 3 is 2.16 bits per heavy atom. The molecule has 0 unspecified atom stereocenters. The van der Waals surface area contributed by atoms with Crippen molar-refractivity contribution in [3.05, 3.63) is 90.2 Å². The lowest BCUT2D eigenvalue weighted by atomic mass is 10.0. The summed E-state index contributed by atoms with van der Waals surface area (Å²) >= 11 is 6.08. The van der Waals surface area contributed by atoms with Crippen LogP contribution in [0.4, 0.5) is 14.9 Å². The lowest BCUT2D eigenvalue weighted by Gasteiger charge is -2.43. The predicted octanol–water partition coefficient (Wildman–Crippen LogP) is 6.79. The maximum Gasteiger partial charge on any atom is 0.410 e. The molecule has 1 aliphatic rings. The molecule has 1 fully saturated rings. The zero-order valence-corrected chi connectivity index (χ0v) is 25.6. The molecule has 3 aromatic carbocycles. The van der Waals surface area contributed by atoms with Gasteiger partial charge < -0.3 is 19.3 Å². The van der Waals surface area contributed by atoms with Crippen LogP contribution in [0, 0.1) is 5.82 Å². The summed E-state index contributed by atoms with van der Waals surface area (Å²) < 4.78 is 25.4. The van der Waals surface area contributed by atoms with Crippen LogP contribution in [-0.4, -0.2) is 64.9 Å². The third-order valence-corrected chi connectivity index (χ3v) is 7.28. The molecule has 0 aliphatic carbocycles. The van der Waals surface area contributed by atoms with Crippen LogP contribution in [0.1, 0.15) is 45.7 Å². The second-order valence-corrected chi connectivity index (χ2v) is 11.5. The first kappa shape index (κ1) is 31.8. The smallest absolute Gasteiger partial charge is 0.410 e. The molecular formula is C33H37ClFN3O5. The minimum atomic E-state index is -1.13. The fourth-order valence-electron chi connectivity index (χ4n) is 4.99. The normalized spacial score (nSPS) is 15.9. The van der Waals surface area contributed by atoms with Crippen LogP contribution in [0.25, 0.3) is 0 Å². The standard InChI is InChI=1S/C33H37ClFN3O5/c1-5-25-22-36(19-20-37(25)32(41)43-33(2,3)4)31(40)30(23-11-13-24(35)14-12-23)38(29(39)21-34)26-15-17-28(18-16-26)42-27-9-7-6-8-10-27/h6-18,25,30H,5,19-22H2,1-4H3/t25-,30+/m1/s1. The number of anilines is 1. The number of amides is 3. The van der Waals surface area contributed by atoms with Crippen molar-refractivity contribution in [1.29, 1.82) is 0 Å². The zero-order valence-electron chi connectivity index (χ0n) is 24.8. The number of carbonyl (C=O) groups excluding carboxylic acids is 3. The highest BCUT2D eigenvalue weighted by atomic mass is 35.5. The SMILES string of the molecule is CC[C@@H]1CN(C(=O)[C@H](c2ccc(F)cc2)N(C(=O)CCl)c2ccc(Oc3ccccc3)cc2)CCN1C(=O)OC(C)(C)C. The largest absolute Gasteiger partial charge is 0.457 e. The highest BCUT2D eigenvalue weighted by Gasteiger charge is 2.40. The summed E-state index contributed by atoms with van der Waals surface area (Å²) in [4.78, 5) is 45.3. The van der Waals surface area contributed by atoms with E-state index in [2.05, 4.69) is 0 Å². The van der Waals surface area contributed by atoms with Crippen molar-refractivity contribution in [2.75, 3.05) is 30.4 Å². The topological polar surface area (TPSA) is 79.4 Å². The summed E-state index contributed by atoms with van der Waals surface area (Å²) in [6, 6.07) is 20.1. The molecule has 0 aromatic heterocycles. The summed E-state index contributed by atoms with van der Waals surface area (Å²) in [5.74, 6) is -0.514. The number of rotatable bonds is 8. The first-order valence-electron chi connectivity index (χ1n) is 14.3. The second kappa shape index (κ2) is 13.9. The van der Waals surface area contributed by atoms with Gasteiger partial charge in [0.05, 0.1) is 6.04 Å². The molecule has 0 spiro atoms. The Bertz CT molecular complexity index is 1400. The van der Waals surface area contributed by atoms with Crippen LogP contribution >= 0.6 is 11.6 Å². The number of carbonyl (C=O) groups is 3. The molecular weight excluding hydrogens is 573 g/mol. The number of para-hydroxylation sites is 1. The minimum Gasteiger partial charge on any atom is -0.457 e. The van der Waals surface area contributed by atoms with Gasteiger partial charge in [-0.05, 0) is 81.3 Å². The van der Waals surface area contributed by atoms with Crippen molar-refractivity contribution < 1.29 is 28.2 Å². The van der Waals surface area contributed by atoms with Crippen LogP contribution < -0.4 is 9.64 Å². The molecule has 43 heavy (non-hydrogen) atoms. The Kier molecular flexibility index (Phi) is 10.3. The molecule has 228 valence electrons. The van der Waals surface area contributed by atoms with Gasteiger partial charge in [-0.2, -0.15) is 0 Å². The van der Waals surface area contributed by atoms with E-state index in [-0.39, 0.29) is 37.5 Å². The van der Waals surface area contributed by atoms with Gasteiger partial charge in [0.2, 0.25) is 5.91 Å². The van der Waals surface area contributed by atoms with Crippen molar-refractivity contribution in [1.82, 2.24) is 9.80 Å². The van der Waals surface area contributed by atoms with E-state index >= 15 is 0 Å². The highest BCUT2D eigenvalue weighted by Crippen LogP contribution is 2.33. The molecule has 4 rings (SSSR count). The molecule has 8 nitrogen and oxygen atoms in total. The molecule has 1 saturated heterocycles. The Morgan fingerprint density at radius 1 is 0.953 bits per heavy atom. The fourth-order valence-corrected chi connectivity index (χ4v) is 5.12. The molecule has 2 atom stereocenters. The molecule has 0 radical (unpaired) electrons. The van der Waals surface area contributed by atoms with Crippen LogP contribution in [-0.2, 0) is 14.3 Å². The lowest BCUT2D eigenvalue weighted by molar-refractivity contribution is -0.137. The average Bonchev–Trinajstić information content (AvgIpc) is 2.99. The molecule has 3 aromatic rings. The predicted molar refractivity (Wildman–Crippen MR) is 164 cm³/mol. The third kappa shape index (κ3) is 8.04. The summed E-state index contributed by atoms with van der Waals surface area (Å²) in [7, 11) is 0. The fraction of sp³-hybridized carbons (Fsp3) is 0.364. The Hall–Kier alpha value is -4.11. The first-order chi connectivity index (χ1) is 20.5. The highest BCUT2D eigenvalue weighted by molar-refractivity contribution is 6.29. The third-order valence-electron chi connectivity index (χ3n) is 7.05. The van der Waals surface area contributed by atoms with Gasteiger partial charge in [-0.3, -0.25) is 14.5 Å². The Labute approximate surface area is 256 Å². The molecule has 1 heterocycles. The zero-order chi connectivity index (χ0) is 31.1. The van der Waals surface area contributed by atoms with Crippen molar-refractivity contribution in [3.63, 3.8) is 0 Å². The number of halogens is 2. The number of hydrogen-bond acceptors (Lipinski definition) is 5. The number of nitrogens with zero attached hydrogens (tertiary/aromatic N) is 3. The summed E-state index contributed by atoms with van der Waals surface area (Å²) in [6.45, 7) is 8.11. The van der Waals surface area contributed by atoms with E-state index in [0.717, 1.165) is 0 Å². The number of ether oxygens (including phenoxy) is 2. The van der Waals surface area contributed by atoms with E-state index in [1.165, 1.54) is 29.2 Å². The second-order valence-electron chi connectivity index (χ2n) is 11.3. The Morgan fingerprint density at radius 2 is 1.58 bits per heavy atom. The van der Waals surface area contributed by atoms with Gasteiger partial charge in [-0.1, -0.05) is 37.3 Å². The molecule has 1 aliphatic heterocycles. The molecule has 10 heteroatoms. The van der Waals surface area contributed by atoms with Crippen molar-refractivity contribution in [3.8, 4) is 11.5 Å². The van der Waals surface area contributed by atoms with E-state index in [1.54, 1.807) is 34.1 Å². The van der Waals surface area contributed by atoms with E-state index in [0.29, 0.717) is 29.2 Å². The van der Waals surface area contributed by atoms with Crippen molar-refractivity contribution in [2.24, 2.45) is 0 Å². The molecule has 0 N–H and O–H groups in total. The number of alkyl halides is 1. The van der Waals surface area contributed by atoms with Gasteiger partial charge in [0.1, 0.15) is 34.8 Å². The molecule has 0 saturated carbocycles. The summed E-state index contributed by atoms with van der Waals surface area (Å²) in [6.07, 6.45) is 0.163. The minimum absolute atomic E-state index is 0.235. The van der Waals surface area contributed by atoms with Gasteiger partial charge in [0, 0.05) is 25.3 Å². The maximum absolute atomic E-state index is 14.3. The van der Waals surface area contributed by atoms with Crippen LogP contribution in [0.15, 0.2) is 78.9 Å². The van der Waals surface area contributed by atoms with E-state index in [9.17, 15) is 18.8 Å². The number of piperazine rings is 1. The van der Waals surface area contributed by atoms with Gasteiger partial charge >= 0.3 is 6.09 Å². The van der Waals surface area contributed by atoms with Gasteiger partial charge in [-0.25, -0.2) is 9.18 Å². The molecule has 3 amide bonds. The van der Waals surface area contributed by atoms with Gasteiger partial charge in [-0.15, -0.1) is 11.6 Å². The van der Waals surface area contributed by atoms with E-state index < -0.39 is 29.5 Å². The van der Waals surface area contributed by atoms with E-state index in [1.807, 2.05) is 58.0 Å². The monoisotopic (exact) mass is 609 g/mol. The van der Waals surface area contributed by atoms with Crippen LogP contribution in [0.2, 0.25) is 0 Å². The summed E-state index contributed by atoms with van der Waals surface area (Å²) in [5.41, 5.74) is 0.199. The van der Waals surface area contributed by atoms with Gasteiger partial charge in [0.15, 0.2) is 0 Å². The molecule has 0 bridgehead atoms. The van der Waals surface area contributed by atoms with Crippen LogP contribution in [0.5, 0.6) is 11.5 Å². The number of hydrogen-bond donors (Lipinski definition) is 0. The lowest BCUT2D eigenvalue weighted by Crippen LogP contribution is -2.59.